The predicted molar refractivity (Wildman–Crippen MR) is 93.6 cm³/mol. The number of piperazine rings is 2. The molecular formula is C18H17F3N4O4. The van der Waals surface area contributed by atoms with E-state index in [0.717, 1.165) is 12.1 Å². The highest BCUT2D eigenvalue weighted by Crippen LogP contribution is 2.28. The SMILES string of the molecule is O=C(Nc1ccc(OC(F)(F)F)cc1)N1CCN2C(=O)C3=CCCN3C(=O)C2C1. The minimum Gasteiger partial charge on any atom is -0.406 e. The molecule has 3 aliphatic heterocycles. The second kappa shape index (κ2) is 6.98. The lowest BCUT2D eigenvalue weighted by Crippen LogP contribution is -2.66. The molecule has 0 bridgehead atoms. The van der Waals surface area contributed by atoms with Crippen molar-refractivity contribution >= 4 is 23.5 Å². The Morgan fingerprint density at radius 1 is 1.10 bits per heavy atom. The number of fused-ring (bicyclic) bond motifs is 2. The molecule has 1 unspecified atom stereocenters. The lowest BCUT2D eigenvalue weighted by molar-refractivity contribution is -0.274. The van der Waals surface area contributed by atoms with Crippen molar-refractivity contribution in [2.45, 2.75) is 18.8 Å². The zero-order chi connectivity index (χ0) is 20.8. The van der Waals surface area contributed by atoms with Crippen LogP contribution in [-0.2, 0) is 9.59 Å². The Morgan fingerprint density at radius 2 is 1.83 bits per heavy atom. The summed E-state index contributed by atoms with van der Waals surface area (Å²) in [6.45, 7) is 0.981. The first-order valence-electron chi connectivity index (χ1n) is 8.97. The zero-order valence-electron chi connectivity index (χ0n) is 15.1. The molecule has 154 valence electrons. The van der Waals surface area contributed by atoms with Crippen molar-refractivity contribution in [1.82, 2.24) is 14.7 Å². The van der Waals surface area contributed by atoms with Gasteiger partial charge in [-0.2, -0.15) is 0 Å². The van der Waals surface area contributed by atoms with Gasteiger partial charge in [0.25, 0.3) is 11.8 Å². The fraction of sp³-hybridized carbons (Fsp3) is 0.389. The summed E-state index contributed by atoms with van der Waals surface area (Å²) in [6.07, 6.45) is -2.41. The molecule has 1 N–H and O–H groups in total. The van der Waals surface area contributed by atoms with Crippen LogP contribution in [0.4, 0.5) is 23.7 Å². The van der Waals surface area contributed by atoms with Crippen molar-refractivity contribution < 1.29 is 32.3 Å². The van der Waals surface area contributed by atoms with E-state index in [9.17, 15) is 27.6 Å². The van der Waals surface area contributed by atoms with Crippen LogP contribution < -0.4 is 10.1 Å². The van der Waals surface area contributed by atoms with Crippen LogP contribution in [0.25, 0.3) is 0 Å². The van der Waals surface area contributed by atoms with Crippen molar-refractivity contribution in [1.29, 1.82) is 0 Å². The highest BCUT2D eigenvalue weighted by Gasteiger charge is 2.47. The van der Waals surface area contributed by atoms with Crippen molar-refractivity contribution in [3.63, 3.8) is 0 Å². The Morgan fingerprint density at radius 3 is 2.52 bits per heavy atom. The van der Waals surface area contributed by atoms with Crippen LogP contribution in [0.1, 0.15) is 6.42 Å². The largest absolute Gasteiger partial charge is 0.573 e. The fourth-order valence-corrected chi connectivity index (χ4v) is 3.68. The number of hydrogen-bond donors (Lipinski definition) is 1. The molecule has 1 atom stereocenters. The lowest BCUT2D eigenvalue weighted by Gasteiger charge is -2.45. The summed E-state index contributed by atoms with van der Waals surface area (Å²) in [4.78, 5) is 42.1. The van der Waals surface area contributed by atoms with E-state index in [1.165, 1.54) is 26.8 Å². The van der Waals surface area contributed by atoms with E-state index in [1.807, 2.05) is 0 Å². The van der Waals surface area contributed by atoms with E-state index in [0.29, 0.717) is 18.7 Å². The molecule has 0 saturated carbocycles. The van der Waals surface area contributed by atoms with E-state index < -0.39 is 24.2 Å². The Kier molecular flexibility index (Phi) is 4.59. The van der Waals surface area contributed by atoms with E-state index in [-0.39, 0.29) is 37.1 Å². The minimum atomic E-state index is -4.79. The summed E-state index contributed by atoms with van der Waals surface area (Å²) in [5.74, 6) is -0.809. The Hall–Kier alpha value is -3.24. The second-order valence-corrected chi connectivity index (χ2v) is 6.83. The zero-order valence-corrected chi connectivity index (χ0v) is 15.1. The number of urea groups is 1. The van der Waals surface area contributed by atoms with Crippen LogP contribution in [0.3, 0.4) is 0 Å². The third-order valence-corrected chi connectivity index (χ3v) is 5.02. The summed E-state index contributed by atoms with van der Waals surface area (Å²) < 4.78 is 40.4. The van der Waals surface area contributed by atoms with E-state index in [2.05, 4.69) is 10.1 Å². The van der Waals surface area contributed by atoms with Gasteiger partial charge >= 0.3 is 12.4 Å². The monoisotopic (exact) mass is 410 g/mol. The minimum absolute atomic E-state index is 0.0510. The van der Waals surface area contributed by atoms with Gasteiger partial charge in [-0.25, -0.2) is 4.79 Å². The van der Waals surface area contributed by atoms with E-state index in [4.69, 9.17) is 0 Å². The molecule has 3 heterocycles. The number of nitrogens with zero attached hydrogens (tertiary/aromatic N) is 3. The quantitative estimate of drug-likeness (QED) is 0.806. The van der Waals surface area contributed by atoms with Crippen LogP contribution in [0.2, 0.25) is 0 Å². The van der Waals surface area contributed by atoms with Gasteiger partial charge in [-0.05, 0) is 30.7 Å². The average molecular weight is 410 g/mol. The number of anilines is 1. The first-order valence-corrected chi connectivity index (χ1v) is 8.97. The highest BCUT2D eigenvalue weighted by atomic mass is 19.4. The molecule has 3 aliphatic rings. The van der Waals surface area contributed by atoms with Crippen LogP contribution in [0.15, 0.2) is 36.0 Å². The van der Waals surface area contributed by atoms with Gasteiger partial charge in [0.2, 0.25) is 0 Å². The number of nitrogens with one attached hydrogen (secondary N) is 1. The standard InChI is InChI=1S/C18H17F3N4O4/c19-18(20,21)29-12-5-3-11(4-6-12)22-17(28)23-8-9-25-14(10-23)16(27)24-7-1-2-13(24)15(25)26/h2-6,14H,1,7-10H2,(H,22,28). The Balaban J connectivity index is 1.40. The number of alkyl halides is 3. The molecule has 0 radical (unpaired) electrons. The van der Waals surface area contributed by atoms with Crippen molar-refractivity contribution in [3.8, 4) is 5.75 Å². The Bertz CT molecular complexity index is 884. The molecule has 8 nitrogen and oxygen atoms in total. The highest BCUT2D eigenvalue weighted by molar-refractivity contribution is 6.05. The van der Waals surface area contributed by atoms with Gasteiger partial charge in [0.1, 0.15) is 17.5 Å². The molecule has 29 heavy (non-hydrogen) atoms. The maximum atomic E-state index is 12.7. The average Bonchev–Trinajstić information content (AvgIpc) is 3.16. The Labute approximate surface area is 163 Å². The number of carbonyl (C=O) groups is 3. The molecule has 1 aromatic rings. The van der Waals surface area contributed by atoms with E-state index in [1.54, 1.807) is 6.08 Å². The van der Waals surface area contributed by atoms with Crippen LogP contribution >= 0.6 is 0 Å². The van der Waals surface area contributed by atoms with Gasteiger partial charge in [-0.15, -0.1) is 13.2 Å². The van der Waals surface area contributed by atoms with Gasteiger partial charge in [0.05, 0.1) is 6.54 Å². The van der Waals surface area contributed by atoms with Gasteiger partial charge in [0.15, 0.2) is 0 Å². The third-order valence-electron chi connectivity index (χ3n) is 5.02. The number of carbonyl (C=O) groups excluding carboxylic acids is 3. The van der Waals surface area contributed by atoms with Crippen LogP contribution in [0.5, 0.6) is 5.75 Å². The number of hydrogen-bond acceptors (Lipinski definition) is 4. The predicted octanol–water partition coefficient (Wildman–Crippen LogP) is 1.76. The summed E-state index contributed by atoms with van der Waals surface area (Å²) in [5, 5.41) is 2.58. The van der Waals surface area contributed by atoms with Gasteiger partial charge in [-0.3, -0.25) is 9.59 Å². The van der Waals surface area contributed by atoms with Crippen molar-refractivity contribution in [3.05, 3.63) is 36.0 Å². The molecule has 1 aromatic carbocycles. The van der Waals surface area contributed by atoms with Crippen molar-refractivity contribution in [2.75, 3.05) is 31.5 Å². The number of amides is 4. The molecule has 4 amide bonds. The maximum absolute atomic E-state index is 12.7. The van der Waals surface area contributed by atoms with Gasteiger partial charge < -0.3 is 24.8 Å². The third kappa shape index (κ3) is 3.71. The fourth-order valence-electron chi connectivity index (χ4n) is 3.68. The maximum Gasteiger partial charge on any atom is 0.573 e. The van der Waals surface area contributed by atoms with Gasteiger partial charge in [0, 0.05) is 25.3 Å². The summed E-state index contributed by atoms with van der Waals surface area (Å²) >= 11 is 0. The topological polar surface area (TPSA) is 82.2 Å². The molecule has 0 aliphatic carbocycles. The number of halogens is 3. The first-order chi connectivity index (χ1) is 13.7. The molecule has 11 heteroatoms. The van der Waals surface area contributed by atoms with Gasteiger partial charge in [-0.1, -0.05) is 6.08 Å². The molecule has 0 aromatic heterocycles. The normalized spacial score (nSPS) is 21.6. The number of benzene rings is 1. The second-order valence-electron chi connectivity index (χ2n) is 6.83. The summed E-state index contributed by atoms with van der Waals surface area (Å²) in [7, 11) is 0. The smallest absolute Gasteiger partial charge is 0.406 e. The summed E-state index contributed by atoms with van der Waals surface area (Å²) in [5.41, 5.74) is 0.688. The molecule has 2 fully saturated rings. The van der Waals surface area contributed by atoms with Crippen molar-refractivity contribution in [2.24, 2.45) is 0 Å². The van der Waals surface area contributed by atoms with Crippen LogP contribution in [-0.4, -0.2) is 71.1 Å². The number of rotatable bonds is 2. The molecular weight excluding hydrogens is 393 g/mol. The molecule has 0 spiro atoms. The molecule has 4 rings (SSSR count). The molecule has 2 saturated heterocycles. The lowest BCUT2D eigenvalue weighted by atomic mass is 10.1. The number of ether oxygens (including phenoxy) is 1. The van der Waals surface area contributed by atoms with E-state index >= 15 is 0 Å². The summed E-state index contributed by atoms with van der Waals surface area (Å²) in [6, 6.07) is 3.51. The first kappa shape index (κ1) is 19.1. The van der Waals surface area contributed by atoms with Crippen LogP contribution in [0, 0.1) is 0 Å².